The fourth-order valence-corrected chi connectivity index (χ4v) is 3.23. The van der Waals surface area contributed by atoms with Crippen LogP contribution in [0, 0.1) is 0 Å². The third-order valence-corrected chi connectivity index (χ3v) is 4.75. The molecule has 1 aliphatic rings. The molecule has 0 amide bonds. The Labute approximate surface area is 130 Å². The van der Waals surface area contributed by atoms with Crippen LogP contribution in [0.3, 0.4) is 0 Å². The second-order valence-electron chi connectivity index (χ2n) is 5.37. The molecule has 0 bridgehead atoms. The van der Waals surface area contributed by atoms with Crippen LogP contribution in [-0.2, 0) is 0 Å². The molecule has 0 aromatic heterocycles. The zero-order chi connectivity index (χ0) is 14.5. The standard InChI is InChI=1S/C15H22Cl2N2O/c1-18-14(12-5-2-6-13(16)15(12)17)7-9-19-8-3-4-11(20)10-19/h2,5-6,11,14,18,20H,3-4,7-10H2,1H3. The van der Waals surface area contributed by atoms with Crippen LogP contribution in [0.15, 0.2) is 18.2 Å². The van der Waals surface area contributed by atoms with Gasteiger partial charge in [-0.1, -0.05) is 35.3 Å². The van der Waals surface area contributed by atoms with E-state index in [-0.39, 0.29) is 12.1 Å². The van der Waals surface area contributed by atoms with E-state index in [4.69, 9.17) is 23.2 Å². The van der Waals surface area contributed by atoms with Crippen molar-refractivity contribution in [3.8, 4) is 0 Å². The molecule has 0 radical (unpaired) electrons. The van der Waals surface area contributed by atoms with E-state index in [0.29, 0.717) is 10.0 Å². The Morgan fingerprint density at radius 2 is 2.25 bits per heavy atom. The first-order valence-corrected chi connectivity index (χ1v) is 7.89. The molecule has 20 heavy (non-hydrogen) atoms. The minimum Gasteiger partial charge on any atom is -0.392 e. The number of aliphatic hydroxyl groups is 1. The lowest BCUT2D eigenvalue weighted by Gasteiger charge is -2.31. The van der Waals surface area contributed by atoms with E-state index in [1.807, 2.05) is 19.2 Å². The molecule has 2 atom stereocenters. The third-order valence-electron chi connectivity index (χ3n) is 3.92. The summed E-state index contributed by atoms with van der Waals surface area (Å²) in [6, 6.07) is 5.93. The van der Waals surface area contributed by atoms with Crippen molar-refractivity contribution in [3.63, 3.8) is 0 Å². The molecule has 0 spiro atoms. The molecule has 2 N–H and O–H groups in total. The van der Waals surface area contributed by atoms with E-state index in [2.05, 4.69) is 10.2 Å². The molecule has 2 rings (SSSR count). The number of rotatable bonds is 5. The summed E-state index contributed by atoms with van der Waals surface area (Å²) in [5.41, 5.74) is 1.04. The quantitative estimate of drug-likeness (QED) is 0.876. The van der Waals surface area contributed by atoms with Crippen LogP contribution in [0.1, 0.15) is 30.9 Å². The van der Waals surface area contributed by atoms with E-state index in [9.17, 15) is 5.11 Å². The SMILES string of the molecule is CNC(CCN1CCCC(O)C1)c1cccc(Cl)c1Cl. The monoisotopic (exact) mass is 316 g/mol. The number of nitrogens with zero attached hydrogens (tertiary/aromatic N) is 1. The normalized spacial score (nSPS) is 21.9. The van der Waals surface area contributed by atoms with E-state index in [1.54, 1.807) is 6.07 Å². The average Bonchev–Trinajstić information content (AvgIpc) is 2.44. The van der Waals surface area contributed by atoms with Gasteiger partial charge in [0.1, 0.15) is 0 Å². The number of benzene rings is 1. The maximum absolute atomic E-state index is 9.70. The highest BCUT2D eigenvalue weighted by molar-refractivity contribution is 6.42. The number of β-amino-alcohol motifs (C(OH)–C–C–N with tert-alkyl or cyclic N) is 1. The predicted molar refractivity (Wildman–Crippen MR) is 84.6 cm³/mol. The van der Waals surface area contributed by atoms with E-state index in [1.165, 1.54) is 0 Å². The molecule has 1 heterocycles. The van der Waals surface area contributed by atoms with Gasteiger partial charge in [-0.2, -0.15) is 0 Å². The van der Waals surface area contributed by atoms with Gasteiger partial charge in [-0.15, -0.1) is 0 Å². The number of aliphatic hydroxyl groups excluding tert-OH is 1. The number of hydrogen-bond donors (Lipinski definition) is 2. The van der Waals surface area contributed by atoms with Gasteiger partial charge in [-0.25, -0.2) is 0 Å². The van der Waals surface area contributed by atoms with Crippen LogP contribution in [0.25, 0.3) is 0 Å². The maximum Gasteiger partial charge on any atom is 0.0667 e. The Balaban J connectivity index is 1.97. The first-order valence-electron chi connectivity index (χ1n) is 7.13. The summed E-state index contributed by atoms with van der Waals surface area (Å²) in [5.74, 6) is 0. The average molecular weight is 317 g/mol. The molecule has 1 fully saturated rings. The lowest BCUT2D eigenvalue weighted by molar-refractivity contribution is 0.0687. The number of likely N-dealkylation sites (tertiary alicyclic amines) is 1. The van der Waals surface area contributed by atoms with Crippen LogP contribution in [0.4, 0.5) is 0 Å². The van der Waals surface area contributed by atoms with Crippen LogP contribution in [-0.4, -0.2) is 42.8 Å². The summed E-state index contributed by atoms with van der Waals surface area (Å²) < 4.78 is 0. The molecule has 0 saturated carbocycles. The van der Waals surface area contributed by atoms with Gasteiger partial charge in [0.15, 0.2) is 0 Å². The van der Waals surface area contributed by atoms with Crippen LogP contribution in [0.2, 0.25) is 10.0 Å². The Kier molecular flexibility index (Phi) is 6.12. The van der Waals surface area contributed by atoms with Gasteiger partial charge in [-0.05, 0) is 44.5 Å². The van der Waals surface area contributed by atoms with Gasteiger partial charge in [-0.3, -0.25) is 0 Å². The van der Waals surface area contributed by atoms with Gasteiger partial charge in [0, 0.05) is 19.1 Å². The number of hydrogen-bond acceptors (Lipinski definition) is 3. The third kappa shape index (κ3) is 4.09. The molecule has 1 aromatic carbocycles. The number of halogens is 2. The first kappa shape index (κ1) is 16.1. The molecular weight excluding hydrogens is 295 g/mol. The first-order chi connectivity index (χ1) is 9.61. The molecule has 0 aliphatic carbocycles. The summed E-state index contributed by atoms with van der Waals surface area (Å²) in [6.45, 7) is 2.79. The molecule has 2 unspecified atom stereocenters. The lowest BCUT2D eigenvalue weighted by Crippen LogP contribution is -2.39. The van der Waals surface area contributed by atoms with Crippen molar-refractivity contribution >= 4 is 23.2 Å². The van der Waals surface area contributed by atoms with Crippen molar-refractivity contribution in [3.05, 3.63) is 33.8 Å². The molecular formula is C15H22Cl2N2O. The minimum absolute atomic E-state index is 0.174. The highest BCUT2D eigenvalue weighted by atomic mass is 35.5. The zero-order valence-corrected chi connectivity index (χ0v) is 13.3. The highest BCUT2D eigenvalue weighted by Crippen LogP contribution is 2.31. The Morgan fingerprint density at radius 3 is 2.95 bits per heavy atom. The lowest BCUT2D eigenvalue weighted by atomic mass is 10.0. The zero-order valence-electron chi connectivity index (χ0n) is 11.8. The fourth-order valence-electron chi connectivity index (χ4n) is 2.79. The van der Waals surface area contributed by atoms with Crippen molar-refractivity contribution in [2.24, 2.45) is 0 Å². The Morgan fingerprint density at radius 1 is 1.45 bits per heavy atom. The minimum atomic E-state index is -0.174. The maximum atomic E-state index is 9.70. The van der Waals surface area contributed by atoms with E-state index < -0.39 is 0 Å². The Hall–Kier alpha value is -0.320. The molecule has 3 nitrogen and oxygen atoms in total. The van der Waals surface area contributed by atoms with Crippen molar-refractivity contribution in [2.75, 3.05) is 26.7 Å². The number of nitrogens with one attached hydrogen (secondary N) is 1. The smallest absolute Gasteiger partial charge is 0.0667 e. The highest BCUT2D eigenvalue weighted by Gasteiger charge is 2.20. The largest absolute Gasteiger partial charge is 0.392 e. The van der Waals surface area contributed by atoms with Crippen LogP contribution < -0.4 is 5.32 Å². The van der Waals surface area contributed by atoms with Crippen molar-refractivity contribution in [1.29, 1.82) is 0 Å². The van der Waals surface area contributed by atoms with Gasteiger partial charge >= 0.3 is 0 Å². The van der Waals surface area contributed by atoms with Crippen molar-refractivity contribution < 1.29 is 5.11 Å². The summed E-state index contributed by atoms with van der Waals surface area (Å²) in [5, 5.41) is 14.2. The van der Waals surface area contributed by atoms with Gasteiger partial charge in [0.2, 0.25) is 0 Å². The van der Waals surface area contributed by atoms with Crippen LogP contribution >= 0.6 is 23.2 Å². The van der Waals surface area contributed by atoms with Crippen molar-refractivity contribution in [2.45, 2.75) is 31.4 Å². The molecule has 1 saturated heterocycles. The van der Waals surface area contributed by atoms with Gasteiger partial charge in [0.05, 0.1) is 16.1 Å². The van der Waals surface area contributed by atoms with Crippen molar-refractivity contribution in [1.82, 2.24) is 10.2 Å². The topological polar surface area (TPSA) is 35.5 Å². The number of piperidine rings is 1. The predicted octanol–water partition coefficient (Wildman–Crippen LogP) is 3.10. The summed E-state index contributed by atoms with van der Waals surface area (Å²) in [4.78, 5) is 2.32. The second kappa shape index (κ2) is 7.62. The van der Waals surface area contributed by atoms with E-state index >= 15 is 0 Å². The summed E-state index contributed by atoms with van der Waals surface area (Å²) >= 11 is 12.4. The molecule has 5 heteroatoms. The Bertz CT molecular complexity index is 442. The fraction of sp³-hybridized carbons (Fsp3) is 0.600. The van der Waals surface area contributed by atoms with Gasteiger partial charge < -0.3 is 15.3 Å². The van der Waals surface area contributed by atoms with Crippen LogP contribution in [0.5, 0.6) is 0 Å². The summed E-state index contributed by atoms with van der Waals surface area (Å²) in [7, 11) is 1.94. The molecule has 1 aliphatic heterocycles. The molecule has 112 valence electrons. The molecule has 1 aromatic rings. The second-order valence-corrected chi connectivity index (χ2v) is 6.15. The summed E-state index contributed by atoms with van der Waals surface area (Å²) in [6.07, 6.45) is 2.77. The van der Waals surface area contributed by atoms with Gasteiger partial charge in [0.25, 0.3) is 0 Å². The van der Waals surface area contributed by atoms with E-state index in [0.717, 1.165) is 44.5 Å².